The van der Waals surface area contributed by atoms with Crippen molar-refractivity contribution in [2.75, 3.05) is 6.54 Å². The van der Waals surface area contributed by atoms with Crippen molar-refractivity contribution in [2.45, 2.75) is 65.0 Å². The van der Waals surface area contributed by atoms with Crippen LogP contribution in [-0.2, 0) is 4.79 Å². The summed E-state index contributed by atoms with van der Waals surface area (Å²) in [6.07, 6.45) is 5.35. The van der Waals surface area contributed by atoms with E-state index in [1.807, 2.05) is 6.92 Å². The molecule has 3 nitrogen and oxygen atoms in total. The van der Waals surface area contributed by atoms with Crippen LogP contribution >= 0.6 is 0 Å². The van der Waals surface area contributed by atoms with Gasteiger partial charge < -0.3 is 5.11 Å². The molecule has 1 rings (SSSR count). The first-order valence-electron chi connectivity index (χ1n) is 6.55. The normalized spacial score (nSPS) is 27.2. The molecule has 16 heavy (non-hydrogen) atoms. The molecule has 0 radical (unpaired) electrons. The number of aliphatic carboxylic acids is 1. The summed E-state index contributed by atoms with van der Waals surface area (Å²) in [6.45, 7) is 7.40. The lowest BCUT2D eigenvalue weighted by molar-refractivity contribution is -0.138. The van der Waals surface area contributed by atoms with Crippen molar-refractivity contribution in [1.82, 2.24) is 4.90 Å². The van der Waals surface area contributed by atoms with Crippen molar-refractivity contribution in [1.29, 1.82) is 0 Å². The van der Waals surface area contributed by atoms with Gasteiger partial charge in [-0.25, -0.2) is 0 Å². The molecule has 0 heterocycles. The van der Waals surface area contributed by atoms with Gasteiger partial charge >= 0.3 is 5.97 Å². The average Bonchev–Trinajstić information content (AvgIpc) is 2.66. The van der Waals surface area contributed by atoms with E-state index in [0.717, 1.165) is 12.5 Å². The summed E-state index contributed by atoms with van der Waals surface area (Å²) in [5.74, 6) is 0.173. The van der Waals surface area contributed by atoms with Crippen molar-refractivity contribution < 1.29 is 9.90 Å². The summed E-state index contributed by atoms with van der Waals surface area (Å²) in [7, 11) is 0. The third-order valence-electron chi connectivity index (χ3n) is 3.96. The maximum absolute atomic E-state index is 10.7. The molecular weight excluding hydrogens is 202 g/mol. The van der Waals surface area contributed by atoms with Crippen LogP contribution in [0.15, 0.2) is 0 Å². The van der Waals surface area contributed by atoms with Crippen LogP contribution in [0.3, 0.4) is 0 Å². The van der Waals surface area contributed by atoms with Gasteiger partial charge in [-0.1, -0.05) is 20.3 Å². The van der Waals surface area contributed by atoms with Crippen molar-refractivity contribution in [3.05, 3.63) is 0 Å². The average molecular weight is 227 g/mol. The fourth-order valence-electron chi connectivity index (χ4n) is 3.02. The van der Waals surface area contributed by atoms with E-state index in [9.17, 15) is 4.79 Å². The topological polar surface area (TPSA) is 40.5 Å². The number of hydrogen-bond acceptors (Lipinski definition) is 2. The number of nitrogens with zero attached hydrogens (tertiary/aromatic N) is 1. The molecule has 0 bridgehead atoms. The van der Waals surface area contributed by atoms with Crippen LogP contribution in [0.1, 0.15) is 52.9 Å². The quantitative estimate of drug-likeness (QED) is 0.758. The summed E-state index contributed by atoms with van der Waals surface area (Å²) in [6, 6.07) is 0.785. The van der Waals surface area contributed by atoms with Crippen LogP contribution in [0.5, 0.6) is 0 Å². The molecule has 0 aliphatic heterocycles. The predicted molar refractivity (Wildman–Crippen MR) is 65.5 cm³/mol. The van der Waals surface area contributed by atoms with Gasteiger partial charge in [0.25, 0.3) is 0 Å². The van der Waals surface area contributed by atoms with Crippen LogP contribution in [0.4, 0.5) is 0 Å². The summed E-state index contributed by atoms with van der Waals surface area (Å²) < 4.78 is 0. The van der Waals surface area contributed by atoms with Crippen molar-refractivity contribution in [3.63, 3.8) is 0 Å². The fraction of sp³-hybridized carbons (Fsp3) is 0.923. The zero-order valence-electron chi connectivity index (χ0n) is 10.8. The summed E-state index contributed by atoms with van der Waals surface area (Å²) in [5.41, 5.74) is 0. The molecule has 3 atom stereocenters. The molecule has 0 aromatic rings. The second-order valence-electron chi connectivity index (χ2n) is 5.02. The highest BCUT2D eigenvalue weighted by molar-refractivity contribution is 5.67. The Bertz CT molecular complexity index is 230. The van der Waals surface area contributed by atoms with Crippen LogP contribution in [0.25, 0.3) is 0 Å². The van der Waals surface area contributed by atoms with Gasteiger partial charge in [0.05, 0.1) is 6.42 Å². The Labute approximate surface area is 98.8 Å². The Kier molecular flexibility index (Phi) is 5.26. The molecule has 1 aliphatic carbocycles. The van der Waals surface area contributed by atoms with Gasteiger partial charge in [-0.15, -0.1) is 0 Å². The van der Waals surface area contributed by atoms with Gasteiger partial charge in [0.15, 0.2) is 0 Å². The monoisotopic (exact) mass is 227 g/mol. The maximum Gasteiger partial charge on any atom is 0.304 e. The second kappa shape index (κ2) is 6.24. The molecule has 0 spiro atoms. The summed E-state index contributed by atoms with van der Waals surface area (Å²) in [5, 5.41) is 8.84. The van der Waals surface area contributed by atoms with E-state index in [1.54, 1.807) is 0 Å². The van der Waals surface area contributed by atoms with E-state index in [1.165, 1.54) is 25.7 Å². The molecule has 3 heteroatoms. The molecule has 1 aliphatic rings. The number of carbonyl (C=O) groups is 1. The van der Waals surface area contributed by atoms with E-state index < -0.39 is 5.97 Å². The highest BCUT2D eigenvalue weighted by atomic mass is 16.4. The van der Waals surface area contributed by atoms with Gasteiger partial charge in [0.2, 0.25) is 0 Å². The van der Waals surface area contributed by atoms with Crippen LogP contribution in [0.2, 0.25) is 0 Å². The Balaban J connectivity index is 2.50. The Morgan fingerprint density at radius 1 is 1.44 bits per heavy atom. The van der Waals surface area contributed by atoms with Crippen LogP contribution < -0.4 is 0 Å². The number of carboxylic acid groups (broad SMARTS) is 1. The molecule has 1 fully saturated rings. The lowest BCUT2D eigenvalue weighted by Gasteiger charge is -2.33. The molecule has 1 saturated carbocycles. The highest BCUT2D eigenvalue weighted by Crippen LogP contribution is 2.32. The van der Waals surface area contributed by atoms with E-state index in [2.05, 4.69) is 18.7 Å². The Morgan fingerprint density at radius 3 is 2.56 bits per heavy atom. The van der Waals surface area contributed by atoms with Crippen LogP contribution in [-0.4, -0.2) is 34.6 Å². The lowest BCUT2D eigenvalue weighted by atomic mass is 10.0. The summed E-state index contributed by atoms with van der Waals surface area (Å²) in [4.78, 5) is 13.1. The zero-order valence-corrected chi connectivity index (χ0v) is 10.8. The third-order valence-corrected chi connectivity index (χ3v) is 3.96. The summed E-state index contributed by atoms with van der Waals surface area (Å²) >= 11 is 0. The molecule has 1 N–H and O–H groups in total. The molecular formula is C13H25NO2. The first-order chi connectivity index (χ1) is 7.58. The third kappa shape index (κ3) is 3.48. The molecule has 94 valence electrons. The first kappa shape index (κ1) is 13.5. The van der Waals surface area contributed by atoms with Crippen molar-refractivity contribution in [2.24, 2.45) is 5.92 Å². The fourth-order valence-corrected chi connectivity index (χ4v) is 3.02. The minimum atomic E-state index is -0.684. The Morgan fingerprint density at radius 2 is 2.12 bits per heavy atom. The van der Waals surface area contributed by atoms with E-state index >= 15 is 0 Å². The molecule has 0 aromatic carbocycles. The van der Waals surface area contributed by atoms with E-state index in [4.69, 9.17) is 5.11 Å². The maximum atomic E-state index is 10.7. The van der Waals surface area contributed by atoms with Crippen molar-refractivity contribution >= 4 is 5.97 Å². The van der Waals surface area contributed by atoms with Crippen molar-refractivity contribution in [3.8, 4) is 0 Å². The van der Waals surface area contributed by atoms with Gasteiger partial charge in [0, 0.05) is 12.1 Å². The molecule has 0 saturated heterocycles. The molecule has 0 amide bonds. The lowest BCUT2D eigenvalue weighted by Crippen LogP contribution is -2.41. The smallest absolute Gasteiger partial charge is 0.304 e. The zero-order chi connectivity index (χ0) is 12.1. The minimum absolute atomic E-state index is 0.170. The van der Waals surface area contributed by atoms with Gasteiger partial charge in [-0.3, -0.25) is 9.69 Å². The Hall–Kier alpha value is -0.570. The molecule has 3 unspecified atom stereocenters. The second-order valence-corrected chi connectivity index (χ2v) is 5.02. The van der Waals surface area contributed by atoms with Crippen LogP contribution in [0, 0.1) is 5.92 Å². The number of hydrogen-bond donors (Lipinski definition) is 1. The standard InChI is InChI=1S/C13H25NO2/c1-4-11-6-7-12(9-11)14(5-2)10(3)8-13(15)16/h10-12H,4-9H2,1-3H3,(H,15,16). The van der Waals surface area contributed by atoms with E-state index in [0.29, 0.717) is 6.04 Å². The molecule has 0 aromatic heterocycles. The van der Waals surface area contributed by atoms with E-state index in [-0.39, 0.29) is 12.5 Å². The first-order valence-corrected chi connectivity index (χ1v) is 6.55. The largest absolute Gasteiger partial charge is 0.481 e. The SMILES string of the molecule is CCC1CCC(N(CC)C(C)CC(=O)O)C1. The van der Waals surface area contributed by atoms with Gasteiger partial charge in [0.1, 0.15) is 0 Å². The van der Waals surface area contributed by atoms with Gasteiger partial charge in [-0.05, 0) is 38.6 Å². The highest BCUT2D eigenvalue weighted by Gasteiger charge is 2.30. The minimum Gasteiger partial charge on any atom is -0.481 e. The number of rotatable bonds is 6. The number of carboxylic acids is 1. The van der Waals surface area contributed by atoms with Gasteiger partial charge in [-0.2, -0.15) is 0 Å². The predicted octanol–water partition coefficient (Wildman–Crippen LogP) is 2.75.